The molecule has 1 aliphatic heterocycles. The third kappa shape index (κ3) is 8.52. The first-order valence-corrected chi connectivity index (χ1v) is 13.0. The topological polar surface area (TPSA) is 109 Å². The van der Waals surface area contributed by atoms with Gasteiger partial charge in [-0.25, -0.2) is 9.37 Å². The zero-order valence-electron chi connectivity index (χ0n) is 23.9. The predicted octanol–water partition coefficient (Wildman–Crippen LogP) is 5.94. The first-order valence-electron chi connectivity index (χ1n) is 13.0. The second kappa shape index (κ2) is 16.0. The fourth-order valence-corrected chi connectivity index (χ4v) is 4.73. The highest BCUT2D eigenvalue weighted by Crippen LogP contribution is 2.48. The lowest BCUT2D eigenvalue weighted by molar-refractivity contribution is -0.138. The second-order valence-electron chi connectivity index (χ2n) is 9.63. The van der Waals surface area contributed by atoms with Crippen LogP contribution in [-0.4, -0.2) is 72.3 Å². The van der Waals surface area contributed by atoms with Crippen LogP contribution in [0.15, 0.2) is 65.5 Å². The number of aromatic nitrogens is 3. The number of rotatable bonds is 8. The van der Waals surface area contributed by atoms with E-state index in [4.69, 9.17) is 9.15 Å². The van der Waals surface area contributed by atoms with Crippen molar-refractivity contribution in [1.29, 1.82) is 0 Å². The number of carbonyl (C=O) groups is 1. The van der Waals surface area contributed by atoms with Crippen molar-refractivity contribution in [2.75, 3.05) is 50.5 Å². The Balaban J connectivity index is 0.00000235. The van der Waals surface area contributed by atoms with Crippen molar-refractivity contribution in [3.8, 4) is 23.0 Å². The standard InChI is InChI=1S/C28H27F4N7O3.3ClH/c1-33-14-18-15-39(12-11-38(18)2)25-20(36-26(40)21-16-41-27(37-21)17-9-10-34-35-13-17)7-8-23(24(25)28(30,31)32)42-22-6-4-3-5-19(22)29;;;/h3-10,13,16,18,33H,11-12,14-15H2,1-2H3,(H,36,40);3*1H/t18-;;;/m0.../s1. The molecule has 10 nitrogen and oxygen atoms in total. The molecule has 2 N–H and O–H groups in total. The number of anilines is 2. The van der Waals surface area contributed by atoms with Gasteiger partial charge in [0.25, 0.3) is 5.91 Å². The SMILES string of the molecule is CNC[C@H]1CN(c2c(NC(=O)c3coc(-c4ccnnc4)n3)ccc(Oc3ccccc3F)c2C(F)(F)F)CCN1C.Cl.Cl.Cl. The van der Waals surface area contributed by atoms with Crippen LogP contribution in [0.2, 0.25) is 0 Å². The lowest BCUT2D eigenvalue weighted by atomic mass is 10.0. The molecule has 0 bridgehead atoms. The van der Waals surface area contributed by atoms with Crippen LogP contribution in [0.5, 0.6) is 11.5 Å². The van der Waals surface area contributed by atoms with Gasteiger partial charge in [0.15, 0.2) is 17.3 Å². The number of halogens is 7. The van der Waals surface area contributed by atoms with Crippen LogP contribution in [0.3, 0.4) is 0 Å². The summed E-state index contributed by atoms with van der Waals surface area (Å²) in [5.74, 6) is -2.47. The molecule has 1 amide bonds. The number of para-hydroxylation sites is 1. The number of carbonyl (C=O) groups excluding carboxylic acids is 1. The van der Waals surface area contributed by atoms with E-state index < -0.39 is 29.2 Å². The Labute approximate surface area is 274 Å². The lowest BCUT2D eigenvalue weighted by Gasteiger charge is -2.42. The number of nitrogens with one attached hydrogen (secondary N) is 2. The number of nitrogens with zero attached hydrogens (tertiary/aromatic N) is 5. The average molecular weight is 695 g/mol. The van der Waals surface area contributed by atoms with Crippen LogP contribution >= 0.6 is 37.2 Å². The highest BCUT2D eigenvalue weighted by Gasteiger charge is 2.42. The molecule has 1 atom stereocenters. The van der Waals surface area contributed by atoms with E-state index in [0.29, 0.717) is 18.7 Å². The molecule has 45 heavy (non-hydrogen) atoms. The average Bonchev–Trinajstić information content (AvgIpc) is 3.47. The summed E-state index contributed by atoms with van der Waals surface area (Å²) in [6.45, 7) is 1.43. The minimum Gasteiger partial charge on any atom is -0.454 e. The Morgan fingerprint density at radius 3 is 2.49 bits per heavy atom. The van der Waals surface area contributed by atoms with Gasteiger partial charge < -0.3 is 24.7 Å². The van der Waals surface area contributed by atoms with Gasteiger partial charge in [0.05, 0.1) is 29.3 Å². The number of ether oxygens (including phenoxy) is 1. The zero-order chi connectivity index (χ0) is 29.9. The lowest BCUT2D eigenvalue weighted by Crippen LogP contribution is -2.55. The number of benzene rings is 2. The first-order chi connectivity index (χ1) is 20.2. The van der Waals surface area contributed by atoms with E-state index in [1.54, 1.807) is 18.0 Å². The Kier molecular flexibility index (Phi) is 13.4. The van der Waals surface area contributed by atoms with Gasteiger partial charge >= 0.3 is 6.18 Å². The van der Waals surface area contributed by atoms with Crippen LogP contribution in [0.25, 0.3) is 11.5 Å². The minimum atomic E-state index is -4.92. The normalized spacial score (nSPS) is 14.9. The maximum atomic E-state index is 14.8. The molecule has 244 valence electrons. The molecule has 1 saturated heterocycles. The van der Waals surface area contributed by atoms with E-state index in [9.17, 15) is 22.4 Å². The monoisotopic (exact) mass is 693 g/mol. The van der Waals surface area contributed by atoms with Crippen LogP contribution in [0.1, 0.15) is 16.1 Å². The van der Waals surface area contributed by atoms with Crippen molar-refractivity contribution in [3.63, 3.8) is 0 Å². The van der Waals surface area contributed by atoms with E-state index in [-0.39, 0.29) is 85.1 Å². The Morgan fingerprint density at radius 1 is 1.07 bits per heavy atom. The molecule has 2 aromatic carbocycles. The number of oxazole rings is 1. The van der Waals surface area contributed by atoms with Gasteiger partial charge in [-0.05, 0) is 44.4 Å². The summed E-state index contributed by atoms with van der Waals surface area (Å²) >= 11 is 0. The number of alkyl halides is 3. The molecule has 2 aromatic heterocycles. The third-order valence-corrected chi connectivity index (χ3v) is 6.83. The Morgan fingerprint density at radius 2 is 1.82 bits per heavy atom. The van der Waals surface area contributed by atoms with Crippen molar-refractivity contribution >= 4 is 54.5 Å². The molecule has 0 saturated carbocycles. The number of hydrogen-bond acceptors (Lipinski definition) is 9. The van der Waals surface area contributed by atoms with Crippen LogP contribution in [0, 0.1) is 5.82 Å². The smallest absolute Gasteiger partial charge is 0.422 e. The van der Waals surface area contributed by atoms with E-state index in [1.807, 2.05) is 11.9 Å². The highest BCUT2D eigenvalue weighted by molar-refractivity contribution is 6.05. The van der Waals surface area contributed by atoms with Crippen molar-refractivity contribution in [1.82, 2.24) is 25.4 Å². The summed E-state index contributed by atoms with van der Waals surface area (Å²) < 4.78 is 69.8. The number of amides is 1. The van der Waals surface area contributed by atoms with Crippen LogP contribution < -0.4 is 20.3 Å². The zero-order valence-corrected chi connectivity index (χ0v) is 26.3. The summed E-state index contributed by atoms with van der Waals surface area (Å²) in [6.07, 6.45) is -1.01. The van der Waals surface area contributed by atoms with Crippen molar-refractivity contribution in [2.45, 2.75) is 12.2 Å². The molecule has 0 aliphatic carbocycles. The minimum absolute atomic E-state index is 0. The molecule has 0 radical (unpaired) electrons. The maximum absolute atomic E-state index is 14.8. The van der Waals surface area contributed by atoms with Crippen molar-refractivity contribution in [3.05, 3.63) is 78.2 Å². The van der Waals surface area contributed by atoms with Gasteiger partial charge in [-0.15, -0.1) is 37.2 Å². The van der Waals surface area contributed by atoms with Crippen LogP contribution in [-0.2, 0) is 6.18 Å². The van der Waals surface area contributed by atoms with Gasteiger partial charge in [-0.1, -0.05) is 12.1 Å². The predicted molar refractivity (Wildman–Crippen MR) is 168 cm³/mol. The maximum Gasteiger partial charge on any atom is 0.422 e. The Bertz CT molecular complexity index is 1560. The molecular formula is C28H30Cl3F4N7O3. The van der Waals surface area contributed by atoms with E-state index in [1.165, 1.54) is 36.7 Å². The quantitative estimate of drug-likeness (QED) is 0.217. The molecular weight excluding hydrogens is 665 g/mol. The number of likely N-dealkylation sites (N-methyl/N-ethyl adjacent to an activating group) is 2. The highest BCUT2D eigenvalue weighted by atomic mass is 35.5. The molecule has 0 spiro atoms. The second-order valence-corrected chi connectivity index (χ2v) is 9.63. The largest absolute Gasteiger partial charge is 0.454 e. The third-order valence-electron chi connectivity index (χ3n) is 6.83. The summed E-state index contributed by atoms with van der Waals surface area (Å²) in [6, 6.07) is 9.01. The van der Waals surface area contributed by atoms with Gasteiger partial charge in [0.2, 0.25) is 5.89 Å². The fourth-order valence-electron chi connectivity index (χ4n) is 4.73. The molecule has 5 rings (SSSR count). The molecule has 0 unspecified atom stereocenters. The van der Waals surface area contributed by atoms with Gasteiger partial charge in [0, 0.05) is 32.2 Å². The fraction of sp³-hybridized carbons (Fsp3) is 0.286. The van der Waals surface area contributed by atoms with Crippen molar-refractivity contribution < 1.29 is 31.5 Å². The van der Waals surface area contributed by atoms with Crippen molar-refractivity contribution in [2.24, 2.45) is 0 Å². The Hall–Kier alpha value is -3.69. The van der Waals surface area contributed by atoms with Gasteiger partial charge in [-0.3, -0.25) is 9.69 Å². The van der Waals surface area contributed by atoms with Crippen LogP contribution in [0.4, 0.5) is 28.9 Å². The van der Waals surface area contributed by atoms with E-state index >= 15 is 0 Å². The number of hydrogen-bond donors (Lipinski definition) is 2. The van der Waals surface area contributed by atoms with Gasteiger partial charge in [-0.2, -0.15) is 23.4 Å². The van der Waals surface area contributed by atoms with Gasteiger partial charge in [0.1, 0.15) is 17.6 Å². The summed E-state index contributed by atoms with van der Waals surface area (Å²) in [4.78, 5) is 21.0. The summed E-state index contributed by atoms with van der Waals surface area (Å²) in [7, 11) is 3.65. The molecule has 1 aliphatic rings. The number of piperazine rings is 1. The summed E-state index contributed by atoms with van der Waals surface area (Å²) in [5, 5.41) is 13.1. The molecule has 1 fully saturated rings. The summed E-state index contributed by atoms with van der Waals surface area (Å²) in [5.41, 5.74) is -1.23. The van der Waals surface area contributed by atoms with E-state index in [2.05, 4.69) is 25.8 Å². The first kappa shape index (κ1) is 37.5. The molecule has 17 heteroatoms. The van der Waals surface area contributed by atoms with E-state index in [0.717, 1.165) is 18.4 Å². The molecule has 3 heterocycles. The molecule has 4 aromatic rings.